The third kappa shape index (κ3) is 5.68. The van der Waals surface area contributed by atoms with Crippen LogP contribution in [-0.2, 0) is 6.54 Å². The van der Waals surface area contributed by atoms with Crippen molar-refractivity contribution in [3.05, 3.63) is 68.6 Å². The fourth-order valence-corrected chi connectivity index (χ4v) is 5.18. The van der Waals surface area contributed by atoms with Gasteiger partial charge in [-0.25, -0.2) is 14.6 Å². The summed E-state index contributed by atoms with van der Waals surface area (Å²) in [6.07, 6.45) is 3.43. The first-order chi connectivity index (χ1) is 19.1. The Morgan fingerprint density at radius 2 is 1.80 bits per heavy atom. The SMILES string of the molecule is CC(=O)c1cccc(C(=O)NC2CCCN(C(=O)Nc3ccc4c(c3)c(=O)n(CC3CC3)c(=O)n4C(C)C)C2)n1. The van der Waals surface area contributed by atoms with E-state index >= 15 is 0 Å². The molecule has 2 aromatic heterocycles. The molecule has 1 aliphatic carbocycles. The van der Waals surface area contributed by atoms with E-state index in [1.165, 1.54) is 11.5 Å². The molecule has 1 aromatic carbocycles. The van der Waals surface area contributed by atoms with Crippen LogP contribution < -0.4 is 21.9 Å². The Morgan fingerprint density at radius 1 is 1.05 bits per heavy atom. The molecule has 2 aliphatic rings. The molecule has 0 bridgehead atoms. The Balaban J connectivity index is 1.31. The predicted octanol–water partition coefficient (Wildman–Crippen LogP) is 3.18. The monoisotopic (exact) mass is 546 g/mol. The minimum Gasteiger partial charge on any atom is -0.346 e. The Labute approximate surface area is 231 Å². The molecule has 1 unspecified atom stereocenters. The average molecular weight is 547 g/mol. The molecule has 1 atom stereocenters. The van der Waals surface area contributed by atoms with Crippen LogP contribution in [0.1, 0.15) is 73.5 Å². The summed E-state index contributed by atoms with van der Waals surface area (Å²) in [5, 5.41) is 6.19. The second-order valence-corrected chi connectivity index (χ2v) is 11.0. The molecule has 1 saturated heterocycles. The van der Waals surface area contributed by atoms with E-state index < -0.39 is 5.91 Å². The zero-order valence-electron chi connectivity index (χ0n) is 23.0. The first kappa shape index (κ1) is 27.3. The Hall–Kier alpha value is -4.28. The third-order valence-electron chi connectivity index (χ3n) is 7.46. The standard InChI is InChI=1S/C29H34N6O5/c1-17(2)35-25-12-11-20(14-22(25)27(38)34(29(35)40)15-19-9-10-19)31-28(39)33-13-5-6-21(16-33)30-26(37)24-8-4-7-23(32-24)18(3)36/h4,7-8,11-12,14,17,19,21H,5-6,9-10,13,15-16H2,1-3H3,(H,30,37)(H,31,39). The van der Waals surface area contributed by atoms with Crippen LogP contribution in [0.2, 0.25) is 0 Å². The number of rotatable bonds is 7. The van der Waals surface area contributed by atoms with Crippen molar-refractivity contribution < 1.29 is 14.4 Å². The van der Waals surface area contributed by atoms with Crippen molar-refractivity contribution in [3.63, 3.8) is 0 Å². The van der Waals surface area contributed by atoms with E-state index in [0.29, 0.717) is 55.0 Å². The number of anilines is 1. The molecule has 11 nitrogen and oxygen atoms in total. The lowest BCUT2D eigenvalue weighted by atomic mass is 10.1. The number of carbonyl (C=O) groups is 3. The van der Waals surface area contributed by atoms with Crippen LogP contribution in [-0.4, -0.2) is 55.9 Å². The molecule has 1 aliphatic heterocycles. The van der Waals surface area contributed by atoms with Crippen LogP contribution in [0.5, 0.6) is 0 Å². The molecule has 3 heterocycles. The number of likely N-dealkylation sites (tertiary alicyclic amines) is 1. The number of hydrogen-bond donors (Lipinski definition) is 2. The van der Waals surface area contributed by atoms with E-state index in [1.807, 2.05) is 13.8 Å². The van der Waals surface area contributed by atoms with Gasteiger partial charge in [0.2, 0.25) is 0 Å². The van der Waals surface area contributed by atoms with Gasteiger partial charge >= 0.3 is 11.7 Å². The molecule has 2 fully saturated rings. The second-order valence-electron chi connectivity index (χ2n) is 11.0. The molecule has 0 spiro atoms. The Bertz CT molecular complexity index is 1600. The number of fused-ring (bicyclic) bond motifs is 1. The van der Waals surface area contributed by atoms with Crippen LogP contribution in [0.25, 0.3) is 10.9 Å². The quantitative estimate of drug-likeness (QED) is 0.437. The number of amides is 3. The van der Waals surface area contributed by atoms with Gasteiger partial charge in [-0.05, 0) is 75.8 Å². The van der Waals surface area contributed by atoms with E-state index in [2.05, 4.69) is 15.6 Å². The number of Topliss-reactive ketones (excluding diaryl/α,β-unsaturated/α-hetero) is 1. The summed E-state index contributed by atoms with van der Waals surface area (Å²) >= 11 is 0. The largest absolute Gasteiger partial charge is 0.346 e. The molecule has 210 valence electrons. The summed E-state index contributed by atoms with van der Waals surface area (Å²) in [7, 11) is 0. The number of nitrogens with zero attached hydrogens (tertiary/aromatic N) is 4. The number of carbonyl (C=O) groups excluding carboxylic acids is 3. The molecule has 11 heteroatoms. The highest BCUT2D eigenvalue weighted by Gasteiger charge is 2.27. The van der Waals surface area contributed by atoms with Crippen molar-refractivity contribution in [2.45, 2.75) is 65.1 Å². The first-order valence-corrected chi connectivity index (χ1v) is 13.8. The number of nitrogens with one attached hydrogen (secondary N) is 2. The van der Waals surface area contributed by atoms with Crippen molar-refractivity contribution >= 4 is 34.3 Å². The zero-order valence-corrected chi connectivity index (χ0v) is 23.0. The highest BCUT2D eigenvalue weighted by molar-refractivity contribution is 5.96. The maximum Gasteiger partial charge on any atom is 0.331 e. The van der Waals surface area contributed by atoms with E-state index in [-0.39, 0.29) is 46.5 Å². The van der Waals surface area contributed by atoms with Gasteiger partial charge in [-0.15, -0.1) is 0 Å². The lowest BCUT2D eigenvalue weighted by Gasteiger charge is -2.33. The summed E-state index contributed by atoms with van der Waals surface area (Å²) in [6, 6.07) is 9.00. The fourth-order valence-electron chi connectivity index (χ4n) is 5.18. The molecular weight excluding hydrogens is 512 g/mol. The smallest absolute Gasteiger partial charge is 0.331 e. The topological polar surface area (TPSA) is 135 Å². The van der Waals surface area contributed by atoms with Gasteiger partial charge in [-0.3, -0.25) is 23.5 Å². The van der Waals surface area contributed by atoms with E-state index in [9.17, 15) is 24.0 Å². The van der Waals surface area contributed by atoms with Gasteiger partial charge in [-0.1, -0.05) is 6.07 Å². The van der Waals surface area contributed by atoms with Crippen molar-refractivity contribution in [1.82, 2.24) is 24.3 Å². The molecule has 2 N–H and O–H groups in total. The van der Waals surface area contributed by atoms with Crippen LogP contribution >= 0.6 is 0 Å². The lowest BCUT2D eigenvalue weighted by molar-refractivity contribution is 0.0907. The lowest BCUT2D eigenvalue weighted by Crippen LogP contribution is -2.50. The number of hydrogen-bond acceptors (Lipinski definition) is 6. The number of ketones is 1. The average Bonchev–Trinajstić information content (AvgIpc) is 3.76. The van der Waals surface area contributed by atoms with Crippen molar-refractivity contribution in [2.75, 3.05) is 18.4 Å². The zero-order chi connectivity index (χ0) is 28.6. The fraction of sp³-hybridized carbons (Fsp3) is 0.448. The van der Waals surface area contributed by atoms with Crippen molar-refractivity contribution in [1.29, 1.82) is 0 Å². The van der Waals surface area contributed by atoms with E-state index in [1.54, 1.807) is 45.9 Å². The number of benzene rings is 1. The van der Waals surface area contributed by atoms with Crippen molar-refractivity contribution in [3.8, 4) is 0 Å². The molecule has 3 aromatic rings. The van der Waals surface area contributed by atoms with Gasteiger partial charge in [0, 0.05) is 44.3 Å². The minimum absolute atomic E-state index is 0.137. The number of urea groups is 1. The molecule has 0 radical (unpaired) electrons. The molecule has 3 amide bonds. The highest BCUT2D eigenvalue weighted by atomic mass is 16.2. The summed E-state index contributed by atoms with van der Waals surface area (Å²) in [5.74, 6) is -0.269. The molecule has 5 rings (SSSR count). The highest BCUT2D eigenvalue weighted by Crippen LogP contribution is 2.30. The van der Waals surface area contributed by atoms with E-state index in [0.717, 1.165) is 12.8 Å². The number of pyridine rings is 1. The first-order valence-electron chi connectivity index (χ1n) is 13.8. The molecular formula is C29H34N6O5. The normalized spacial score (nSPS) is 17.2. The Kier molecular flexibility index (Phi) is 7.55. The summed E-state index contributed by atoms with van der Waals surface area (Å²) in [4.78, 5) is 69.7. The van der Waals surface area contributed by atoms with Gasteiger partial charge in [-0.2, -0.15) is 0 Å². The summed E-state index contributed by atoms with van der Waals surface area (Å²) in [5.41, 5.74) is 0.718. The maximum atomic E-state index is 13.3. The molecule has 40 heavy (non-hydrogen) atoms. The number of piperidine rings is 1. The summed E-state index contributed by atoms with van der Waals surface area (Å²) < 4.78 is 2.95. The number of aromatic nitrogens is 3. The third-order valence-corrected chi connectivity index (χ3v) is 7.46. The Morgan fingerprint density at radius 3 is 2.50 bits per heavy atom. The van der Waals surface area contributed by atoms with Gasteiger partial charge in [0.05, 0.1) is 10.9 Å². The van der Waals surface area contributed by atoms with Crippen LogP contribution in [0.3, 0.4) is 0 Å². The minimum atomic E-state index is -0.399. The van der Waals surface area contributed by atoms with Crippen LogP contribution in [0.4, 0.5) is 10.5 Å². The summed E-state index contributed by atoms with van der Waals surface area (Å²) in [6.45, 7) is 6.44. The van der Waals surface area contributed by atoms with Gasteiger partial charge in [0.25, 0.3) is 11.5 Å². The predicted molar refractivity (Wildman–Crippen MR) is 151 cm³/mol. The van der Waals surface area contributed by atoms with Crippen LogP contribution in [0.15, 0.2) is 46.0 Å². The van der Waals surface area contributed by atoms with Crippen LogP contribution in [0, 0.1) is 5.92 Å². The van der Waals surface area contributed by atoms with E-state index in [4.69, 9.17) is 0 Å². The maximum absolute atomic E-state index is 13.3. The second kappa shape index (κ2) is 11.1. The van der Waals surface area contributed by atoms with Gasteiger partial charge in [0.15, 0.2) is 5.78 Å². The van der Waals surface area contributed by atoms with Gasteiger partial charge < -0.3 is 15.5 Å². The molecule has 1 saturated carbocycles. The van der Waals surface area contributed by atoms with Crippen molar-refractivity contribution in [2.24, 2.45) is 5.92 Å². The van der Waals surface area contributed by atoms with Gasteiger partial charge in [0.1, 0.15) is 11.4 Å².